The predicted molar refractivity (Wildman–Crippen MR) is 84.8 cm³/mol. The Morgan fingerprint density at radius 3 is 2.70 bits per heavy atom. The molecule has 23 heavy (non-hydrogen) atoms. The molecule has 0 atom stereocenters. The SMILES string of the molecule is Cc1ccccc1-c1nc(-c2ccc(-n3cccn3)nc2)no1. The van der Waals surface area contributed by atoms with E-state index in [-0.39, 0.29) is 0 Å². The van der Waals surface area contributed by atoms with Crippen LogP contribution in [0.15, 0.2) is 65.6 Å². The molecule has 112 valence electrons. The van der Waals surface area contributed by atoms with Gasteiger partial charge in [0, 0.05) is 29.7 Å². The Morgan fingerprint density at radius 1 is 1.04 bits per heavy atom. The molecule has 6 heteroatoms. The van der Waals surface area contributed by atoms with Crippen LogP contribution in [0.25, 0.3) is 28.7 Å². The molecule has 0 fully saturated rings. The maximum atomic E-state index is 5.38. The lowest BCUT2D eigenvalue weighted by Gasteiger charge is -2.00. The predicted octanol–water partition coefficient (Wildman–Crippen LogP) is 3.29. The van der Waals surface area contributed by atoms with E-state index in [1.54, 1.807) is 17.1 Å². The third kappa shape index (κ3) is 2.50. The normalized spacial score (nSPS) is 10.8. The first-order chi connectivity index (χ1) is 11.3. The topological polar surface area (TPSA) is 69.6 Å². The molecule has 0 bridgehead atoms. The van der Waals surface area contributed by atoms with Crippen LogP contribution >= 0.6 is 0 Å². The van der Waals surface area contributed by atoms with Crippen LogP contribution in [0.2, 0.25) is 0 Å². The molecule has 3 heterocycles. The minimum atomic E-state index is 0.509. The van der Waals surface area contributed by atoms with Gasteiger partial charge < -0.3 is 4.52 Å². The van der Waals surface area contributed by atoms with Crippen molar-refractivity contribution in [1.29, 1.82) is 0 Å². The van der Waals surface area contributed by atoms with Crippen molar-refractivity contribution in [2.75, 3.05) is 0 Å². The Balaban J connectivity index is 1.66. The fourth-order valence-corrected chi connectivity index (χ4v) is 2.32. The summed E-state index contributed by atoms with van der Waals surface area (Å²) in [6.07, 6.45) is 5.26. The van der Waals surface area contributed by atoms with E-state index in [0.717, 1.165) is 22.5 Å². The molecule has 0 amide bonds. The first-order valence-electron chi connectivity index (χ1n) is 7.17. The second kappa shape index (κ2) is 5.49. The Kier molecular flexibility index (Phi) is 3.20. The van der Waals surface area contributed by atoms with Crippen LogP contribution < -0.4 is 0 Å². The summed E-state index contributed by atoms with van der Waals surface area (Å²) in [5, 5.41) is 8.19. The first-order valence-corrected chi connectivity index (χ1v) is 7.17. The second-order valence-corrected chi connectivity index (χ2v) is 5.09. The third-order valence-corrected chi connectivity index (χ3v) is 3.55. The van der Waals surface area contributed by atoms with Crippen LogP contribution in [-0.2, 0) is 0 Å². The van der Waals surface area contributed by atoms with Gasteiger partial charge in [0.15, 0.2) is 5.82 Å². The molecular weight excluding hydrogens is 290 g/mol. The van der Waals surface area contributed by atoms with E-state index in [4.69, 9.17) is 4.52 Å². The summed E-state index contributed by atoms with van der Waals surface area (Å²) >= 11 is 0. The summed E-state index contributed by atoms with van der Waals surface area (Å²) in [7, 11) is 0. The van der Waals surface area contributed by atoms with Gasteiger partial charge in [0.25, 0.3) is 5.89 Å². The first kappa shape index (κ1) is 13.4. The molecule has 0 N–H and O–H groups in total. The monoisotopic (exact) mass is 303 g/mol. The Hall–Kier alpha value is -3.28. The van der Waals surface area contributed by atoms with Gasteiger partial charge in [-0.05, 0) is 36.8 Å². The van der Waals surface area contributed by atoms with Crippen molar-refractivity contribution in [3.63, 3.8) is 0 Å². The number of nitrogens with zero attached hydrogens (tertiary/aromatic N) is 5. The second-order valence-electron chi connectivity index (χ2n) is 5.09. The molecule has 0 aliphatic carbocycles. The Labute approximate surface area is 132 Å². The van der Waals surface area contributed by atoms with Crippen molar-refractivity contribution in [2.45, 2.75) is 6.92 Å². The zero-order chi connectivity index (χ0) is 15.6. The maximum Gasteiger partial charge on any atom is 0.258 e. The van der Waals surface area contributed by atoms with Gasteiger partial charge in [0.2, 0.25) is 5.82 Å². The smallest absolute Gasteiger partial charge is 0.258 e. The zero-order valence-corrected chi connectivity index (χ0v) is 12.4. The van der Waals surface area contributed by atoms with Gasteiger partial charge in [0.05, 0.1) is 0 Å². The average Bonchev–Trinajstić information content (AvgIpc) is 3.27. The lowest BCUT2D eigenvalue weighted by molar-refractivity contribution is 0.432. The van der Waals surface area contributed by atoms with Crippen LogP contribution in [-0.4, -0.2) is 24.9 Å². The van der Waals surface area contributed by atoms with E-state index < -0.39 is 0 Å². The molecule has 0 aliphatic rings. The van der Waals surface area contributed by atoms with Crippen molar-refractivity contribution < 1.29 is 4.52 Å². The summed E-state index contributed by atoms with van der Waals surface area (Å²) in [6, 6.07) is 13.5. The standard InChI is InChI=1S/C17H13N5O/c1-12-5-2-3-6-14(12)17-20-16(21-23-17)13-7-8-15(18-11-13)22-10-4-9-19-22/h2-11H,1H3. The molecule has 0 radical (unpaired) electrons. The lowest BCUT2D eigenvalue weighted by atomic mass is 10.1. The molecule has 0 aliphatic heterocycles. The fourth-order valence-electron chi connectivity index (χ4n) is 2.32. The van der Waals surface area contributed by atoms with E-state index in [2.05, 4.69) is 20.2 Å². The van der Waals surface area contributed by atoms with Crippen molar-refractivity contribution in [2.24, 2.45) is 0 Å². The van der Waals surface area contributed by atoms with Crippen LogP contribution in [0.1, 0.15) is 5.56 Å². The van der Waals surface area contributed by atoms with E-state index in [1.165, 1.54) is 0 Å². The average molecular weight is 303 g/mol. The molecule has 3 aromatic heterocycles. The summed E-state index contributed by atoms with van der Waals surface area (Å²) in [5.74, 6) is 1.76. The van der Waals surface area contributed by atoms with Crippen molar-refractivity contribution >= 4 is 0 Å². The van der Waals surface area contributed by atoms with Crippen molar-refractivity contribution in [1.82, 2.24) is 24.9 Å². The molecule has 6 nitrogen and oxygen atoms in total. The molecule has 0 saturated carbocycles. The van der Waals surface area contributed by atoms with Crippen LogP contribution in [0.5, 0.6) is 0 Å². The number of pyridine rings is 1. The number of hydrogen-bond acceptors (Lipinski definition) is 5. The van der Waals surface area contributed by atoms with Gasteiger partial charge in [-0.2, -0.15) is 10.1 Å². The summed E-state index contributed by atoms with van der Waals surface area (Å²) in [4.78, 5) is 8.84. The van der Waals surface area contributed by atoms with Gasteiger partial charge in [-0.15, -0.1) is 0 Å². The fraction of sp³-hybridized carbons (Fsp3) is 0.0588. The van der Waals surface area contributed by atoms with E-state index in [1.807, 2.05) is 55.6 Å². The molecule has 4 aromatic rings. The highest BCUT2D eigenvalue weighted by atomic mass is 16.5. The molecule has 4 rings (SSSR count). The van der Waals surface area contributed by atoms with Gasteiger partial charge in [0.1, 0.15) is 0 Å². The lowest BCUT2D eigenvalue weighted by Crippen LogP contribution is -1.97. The number of rotatable bonds is 3. The minimum Gasteiger partial charge on any atom is -0.334 e. The molecule has 0 spiro atoms. The highest BCUT2D eigenvalue weighted by Crippen LogP contribution is 2.24. The zero-order valence-electron chi connectivity index (χ0n) is 12.4. The quantitative estimate of drug-likeness (QED) is 0.581. The van der Waals surface area contributed by atoms with Crippen LogP contribution in [0, 0.1) is 6.92 Å². The van der Waals surface area contributed by atoms with Gasteiger partial charge in [-0.1, -0.05) is 23.4 Å². The number of aromatic nitrogens is 5. The van der Waals surface area contributed by atoms with Gasteiger partial charge >= 0.3 is 0 Å². The van der Waals surface area contributed by atoms with Gasteiger partial charge in [-0.3, -0.25) is 0 Å². The Bertz CT molecular complexity index is 926. The highest BCUT2D eigenvalue weighted by Gasteiger charge is 2.12. The largest absolute Gasteiger partial charge is 0.334 e. The highest BCUT2D eigenvalue weighted by molar-refractivity contribution is 5.62. The maximum absolute atomic E-state index is 5.38. The minimum absolute atomic E-state index is 0.509. The van der Waals surface area contributed by atoms with Crippen molar-refractivity contribution in [3.8, 4) is 28.7 Å². The van der Waals surface area contributed by atoms with E-state index in [9.17, 15) is 0 Å². The van der Waals surface area contributed by atoms with E-state index >= 15 is 0 Å². The summed E-state index contributed by atoms with van der Waals surface area (Å²) < 4.78 is 7.08. The summed E-state index contributed by atoms with van der Waals surface area (Å²) in [5.41, 5.74) is 2.83. The summed E-state index contributed by atoms with van der Waals surface area (Å²) in [6.45, 7) is 2.01. The molecular formula is C17H13N5O. The third-order valence-electron chi connectivity index (χ3n) is 3.55. The van der Waals surface area contributed by atoms with Gasteiger partial charge in [-0.25, -0.2) is 9.67 Å². The van der Waals surface area contributed by atoms with Crippen LogP contribution in [0.4, 0.5) is 0 Å². The van der Waals surface area contributed by atoms with Crippen molar-refractivity contribution in [3.05, 3.63) is 66.6 Å². The molecule has 0 unspecified atom stereocenters. The number of benzene rings is 1. The van der Waals surface area contributed by atoms with Crippen LogP contribution in [0.3, 0.4) is 0 Å². The number of aryl methyl sites for hydroxylation is 1. The molecule has 0 saturated heterocycles. The molecule has 1 aromatic carbocycles. The Morgan fingerprint density at radius 2 is 1.96 bits per heavy atom. The number of hydrogen-bond donors (Lipinski definition) is 0. The van der Waals surface area contributed by atoms with E-state index in [0.29, 0.717) is 11.7 Å².